The number of halogens is 1. The van der Waals surface area contributed by atoms with E-state index in [-0.39, 0.29) is 17.1 Å². The van der Waals surface area contributed by atoms with E-state index in [1.165, 1.54) is 29.5 Å². The normalized spacial score (nSPS) is 16.4. The van der Waals surface area contributed by atoms with Crippen LogP contribution in [-0.4, -0.2) is 31.6 Å². The van der Waals surface area contributed by atoms with Gasteiger partial charge < -0.3 is 15.8 Å². The number of carbonyl (C=O) groups excluding carboxylic acids is 2. The lowest BCUT2D eigenvalue weighted by atomic mass is 9.74. The van der Waals surface area contributed by atoms with Crippen molar-refractivity contribution in [3.8, 4) is 0 Å². The van der Waals surface area contributed by atoms with E-state index in [1.54, 1.807) is 11.4 Å². The molecule has 0 bridgehead atoms. The standard InChI is InChI=1S/C18H19FN2O3S/c19-14-3-1-2-13(9-14)18(4-6-24-7-5-18)11-21-17(23)15-8-12(10-25-15)16(20)22/h1-3,8-10H,4-7,11H2,(H2,20,22)(H,21,23). The Morgan fingerprint density at radius 3 is 2.68 bits per heavy atom. The molecule has 2 aromatic rings. The Balaban J connectivity index is 1.76. The number of hydrogen-bond acceptors (Lipinski definition) is 4. The number of ether oxygens (including phenoxy) is 1. The third-order valence-corrected chi connectivity index (χ3v) is 5.51. The number of carbonyl (C=O) groups is 2. The average molecular weight is 362 g/mol. The van der Waals surface area contributed by atoms with E-state index in [0.29, 0.717) is 43.0 Å². The molecule has 2 heterocycles. The van der Waals surface area contributed by atoms with Crippen molar-refractivity contribution in [2.45, 2.75) is 18.3 Å². The molecule has 7 heteroatoms. The predicted molar refractivity (Wildman–Crippen MR) is 93.3 cm³/mol. The van der Waals surface area contributed by atoms with Crippen LogP contribution in [0.4, 0.5) is 4.39 Å². The molecule has 25 heavy (non-hydrogen) atoms. The monoisotopic (exact) mass is 362 g/mol. The lowest BCUT2D eigenvalue weighted by Gasteiger charge is -2.38. The number of primary amides is 1. The number of nitrogens with one attached hydrogen (secondary N) is 1. The SMILES string of the molecule is NC(=O)c1csc(C(=O)NCC2(c3cccc(F)c3)CCOCC2)c1. The van der Waals surface area contributed by atoms with Gasteiger partial charge in [-0.3, -0.25) is 9.59 Å². The molecule has 3 N–H and O–H groups in total. The Bertz CT molecular complexity index is 784. The largest absolute Gasteiger partial charge is 0.381 e. The molecule has 0 unspecified atom stereocenters. The van der Waals surface area contributed by atoms with Gasteiger partial charge in [0.1, 0.15) is 5.82 Å². The zero-order chi connectivity index (χ0) is 17.9. The highest BCUT2D eigenvalue weighted by atomic mass is 32.1. The molecule has 1 fully saturated rings. The minimum atomic E-state index is -0.559. The molecular weight excluding hydrogens is 343 g/mol. The smallest absolute Gasteiger partial charge is 0.261 e. The molecular formula is C18H19FN2O3S. The van der Waals surface area contributed by atoms with Gasteiger partial charge in [-0.25, -0.2) is 4.39 Å². The maximum atomic E-state index is 13.7. The molecule has 1 aliphatic heterocycles. The second-order valence-electron chi connectivity index (χ2n) is 6.15. The van der Waals surface area contributed by atoms with Crippen molar-refractivity contribution < 1.29 is 18.7 Å². The van der Waals surface area contributed by atoms with Gasteiger partial charge in [0.15, 0.2) is 0 Å². The topological polar surface area (TPSA) is 81.4 Å². The maximum absolute atomic E-state index is 13.7. The Morgan fingerprint density at radius 2 is 2.04 bits per heavy atom. The Kier molecular flexibility index (Phi) is 5.15. The van der Waals surface area contributed by atoms with Crippen molar-refractivity contribution in [2.24, 2.45) is 5.73 Å². The lowest BCUT2D eigenvalue weighted by molar-refractivity contribution is 0.0486. The molecule has 0 saturated carbocycles. The van der Waals surface area contributed by atoms with Crippen molar-refractivity contribution in [1.82, 2.24) is 5.32 Å². The third-order valence-electron chi connectivity index (χ3n) is 4.58. The van der Waals surface area contributed by atoms with E-state index in [1.807, 2.05) is 6.07 Å². The molecule has 3 rings (SSSR count). The fraction of sp³-hybridized carbons (Fsp3) is 0.333. The summed E-state index contributed by atoms with van der Waals surface area (Å²) in [4.78, 5) is 24.0. The van der Waals surface area contributed by atoms with Gasteiger partial charge in [-0.2, -0.15) is 0 Å². The summed E-state index contributed by atoms with van der Waals surface area (Å²) in [6.07, 6.45) is 1.40. The summed E-state index contributed by atoms with van der Waals surface area (Å²) in [7, 11) is 0. The number of benzene rings is 1. The quantitative estimate of drug-likeness (QED) is 0.857. The summed E-state index contributed by atoms with van der Waals surface area (Å²) in [5.74, 6) is -1.12. The number of rotatable bonds is 5. The van der Waals surface area contributed by atoms with Gasteiger partial charge in [-0.15, -0.1) is 11.3 Å². The lowest BCUT2D eigenvalue weighted by Crippen LogP contribution is -2.44. The van der Waals surface area contributed by atoms with Crippen LogP contribution < -0.4 is 11.1 Å². The Labute approximate surface area is 149 Å². The predicted octanol–water partition coefficient (Wildman–Crippen LogP) is 2.46. The molecule has 0 aliphatic carbocycles. The number of nitrogens with two attached hydrogens (primary N) is 1. The van der Waals surface area contributed by atoms with Crippen molar-refractivity contribution >= 4 is 23.2 Å². The highest BCUT2D eigenvalue weighted by Gasteiger charge is 2.35. The van der Waals surface area contributed by atoms with Gasteiger partial charge in [0.25, 0.3) is 5.91 Å². The second kappa shape index (κ2) is 7.33. The van der Waals surface area contributed by atoms with Crippen LogP contribution in [0.15, 0.2) is 35.7 Å². The highest BCUT2D eigenvalue weighted by Crippen LogP contribution is 2.34. The zero-order valence-electron chi connectivity index (χ0n) is 13.6. The molecule has 2 amide bonds. The third kappa shape index (κ3) is 3.88. The number of hydrogen-bond donors (Lipinski definition) is 2. The van der Waals surface area contributed by atoms with E-state index in [9.17, 15) is 14.0 Å². The molecule has 132 valence electrons. The van der Waals surface area contributed by atoms with Crippen LogP contribution in [0.25, 0.3) is 0 Å². The van der Waals surface area contributed by atoms with Crippen LogP contribution in [-0.2, 0) is 10.2 Å². The summed E-state index contributed by atoms with van der Waals surface area (Å²) < 4.78 is 19.1. The van der Waals surface area contributed by atoms with Gasteiger partial charge in [0, 0.05) is 30.6 Å². The van der Waals surface area contributed by atoms with Crippen LogP contribution in [0.1, 0.15) is 38.4 Å². The first-order chi connectivity index (χ1) is 12.0. The van der Waals surface area contributed by atoms with Crippen molar-refractivity contribution in [3.63, 3.8) is 0 Å². The fourth-order valence-electron chi connectivity index (χ4n) is 3.07. The molecule has 5 nitrogen and oxygen atoms in total. The maximum Gasteiger partial charge on any atom is 0.261 e. The van der Waals surface area contributed by atoms with Crippen LogP contribution in [0.3, 0.4) is 0 Å². The van der Waals surface area contributed by atoms with Crippen molar-refractivity contribution in [3.05, 3.63) is 57.5 Å². The summed E-state index contributed by atoms with van der Waals surface area (Å²) in [5, 5.41) is 4.48. The second-order valence-corrected chi connectivity index (χ2v) is 7.06. The van der Waals surface area contributed by atoms with Crippen LogP contribution in [0, 0.1) is 5.82 Å². The molecule has 0 radical (unpaired) electrons. The van der Waals surface area contributed by atoms with E-state index in [4.69, 9.17) is 10.5 Å². The zero-order valence-corrected chi connectivity index (χ0v) is 14.4. The summed E-state index contributed by atoms with van der Waals surface area (Å²) in [6.45, 7) is 1.51. The van der Waals surface area contributed by atoms with E-state index in [2.05, 4.69) is 5.32 Å². The first-order valence-corrected chi connectivity index (χ1v) is 8.88. The van der Waals surface area contributed by atoms with Crippen molar-refractivity contribution in [2.75, 3.05) is 19.8 Å². The molecule has 0 spiro atoms. The van der Waals surface area contributed by atoms with E-state index in [0.717, 1.165) is 5.56 Å². The minimum absolute atomic E-state index is 0.264. The Hall–Kier alpha value is -2.25. The molecule has 1 saturated heterocycles. The number of amides is 2. The van der Waals surface area contributed by atoms with Gasteiger partial charge in [0.05, 0.1) is 10.4 Å². The average Bonchev–Trinajstić information content (AvgIpc) is 3.11. The van der Waals surface area contributed by atoms with Crippen LogP contribution in [0.5, 0.6) is 0 Å². The van der Waals surface area contributed by atoms with Gasteiger partial charge in [0.2, 0.25) is 5.91 Å². The molecule has 1 aromatic heterocycles. The van der Waals surface area contributed by atoms with Gasteiger partial charge in [-0.05, 0) is 36.6 Å². The Morgan fingerprint density at radius 1 is 1.28 bits per heavy atom. The van der Waals surface area contributed by atoms with E-state index < -0.39 is 5.91 Å². The first kappa shape index (κ1) is 17.6. The summed E-state index contributed by atoms with van der Waals surface area (Å²) >= 11 is 1.17. The minimum Gasteiger partial charge on any atom is -0.381 e. The van der Waals surface area contributed by atoms with Crippen LogP contribution in [0.2, 0.25) is 0 Å². The fourth-order valence-corrected chi connectivity index (χ4v) is 3.88. The van der Waals surface area contributed by atoms with Crippen LogP contribution >= 0.6 is 11.3 Å². The van der Waals surface area contributed by atoms with E-state index >= 15 is 0 Å². The molecule has 1 aromatic carbocycles. The molecule has 1 aliphatic rings. The van der Waals surface area contributed by atoms with Gasteiger partial charge >= 0.3 is 0 Å². The van der Waals surface area contributed by atoms with Crippen molar-refractivity contribution in [1.29, 1.82) is 0 Å². The van der Waals surface area contributed by atoms with Gasteiger partial charge in [-0.1, -0.05) is 12.1 Å². The highest BCUT2D eigenvalue weighted by molar-refractivity contribution is 7.12. The molecule has 0 atom stereocenters. The first-order valence-electron chi connectivity index (χ1n) is 8.00. The summed E-state index contributed by atoms with van der Waals surface area (Å²) in [5.41, 5.74) is 6.04. The number of thiophene rings is 1. The summed E-state index contributed by atoms with van der Waals surface area (Å²) in [6, 6.07) is 7.99.